The van der Waals surface area contributed by atoms with Gasteiger partial charge in [-0.15, -0.1) is 0 Å². The van der Waals surface area contributed by atoms with Crippen LogP contribution in [-0.4, -0.2) is 20.7 Å². The predicted octanol–water partition coefficient (Wildman–Crippen LogP) is 2.23. The average molecular weight is 300 g/mol. The Labute approximate surface area is 125 Å². The number of rotatable bonds is 3. The van der Waals surface area contributed by atoms with Gasteiger partial charge in [0.1, 0.15) is 11.6 Å². The number of aromatic nitrogens is 3. The van der Waals surface area contributed by atoms with Gasteiger partial charge in [-0.3, -0.25) is 0 Å². The Balaban J connectivity index is 2.04. The first-order valence-electron chi connectivity index (χ1n) is 6.59. The normalized spacial score (nSPS) is 10.8. The van der Waals surface area contributed by atoms with Gasteiger partial charge in [0.25, 0.3) is 0 Å². The Morgan fingerprint density at radius 2 is 2.23 bits per heavy atom. The molecular weight excluding hydrogens is 287 g/mol. The highest BCUT2D eigenvalue weighted by atomic mass is 19.1. The van der Waals surface area contributed by atoms with Crippen LogP contribution in [0.1, 0.15) is 17.1 Å². The van der Waals surface area contributed by atoms with Crippen LogP contribution in [0.15, 0.2) is 36.5 Å². The average Bonchev–Trinajstić information content (AvgIpc) is 2.80. The zero-order chi connectivity index (χ0) is 15.7. The highest BCUT2D eigenvalue weighted by molar-refractivity contribution is 5.69. The number of carbonyl (C=O) groups is 1. The number of nitrogens with two attached hydrogens (primary N) is 1. The van der Waals surface area contributed by atoms with Crippen molar-refractivity contribution in [1.82, 2.24) is 14.6 Å². The molecule has 3 aromatic rings. The van der Waals surface area contributed by atoms with Crippen LogP contribution >= 0.6 is 0 Å². The first-order valence-corrected chi connectivity index (χ1v) is 6.59. The fourth-order valence-corrected chi connectivity index (χ4v) is 2.30. The van der Waals surface area contributed by atoms with Gasteiger partial charge >= 0.3 is 6.09 Å². The van der Waals surface area contributed by atoms with E-state index < -0.39 is 6.09 Å². The van der Waals surface area contributed by atoms with E-state index in [9.17, 15) is 9.18 Å². The lowest BCUT2D eigenvalue weighted by Gasteiger charge is -2.05. The van der Waals surface area contributed by atoms with E-state index in [1.54, 1.807) is 29.8 Å². The molecule has 7 heteroatoms. The Kier molecular flexibility index (Phi) is 3.46. The quantitative estimate of drug-likeness (QED) is 0.804. The minimum Gasteiger partial charge on any atom is -0.409 e. The van der Waals surface area contributed by atoms with Crippen LogP contribution in [0, 0.1) is 12.7 Å². The molecule has 0 unspecified atom stereocenters. The van der Waals surface area contributed by atoms with Crippen molar-refractivity contribution in [2.24, 2.45) is 5.73 Å². The molecule has 3 rings (SSSR count). The van der Waals surface area contributed by atoms with Crippen molar-refractivity contribution in [2.75, 3.05) is 0 Å². The molecule has 0 spiro atoms. The molecule has 0 aliphatic carbocycles. The maximum atomic E-state index is 13.3. The SMILES string of the molecule is Cc1nc(Cc2cccc(F)c2)c2cc(OC(N)=O)cn2n1. The van der Waals surface area contributed by atoms with Gasteiger partial charge in [-0.1, -0.05) is 12.1 Å². The van der Waals surface area contributed by atoms with Crippen molar-refractivity contribution in [2.45, 2.75) is 13.3 Å². The van der Waals surface area contributed by atoms with Crippen molar-refractivity contribution in [3.05, 3.63) is 59.4 Å². The number of benzene rings is 1. The molecule has 0 fully saturated rings. The number of amides is 1. The molecule has 22 heavy (non-hydrogen) atoms. The summed E-state index contributed by atoms with van der Waals surface area (Å²) in [5.74, 6) is 0.542. The van der Waals surface area contributed by atoms with E-state index in [1.807, 2.05) is 6.07 Å². The molecule has 1 amide bonds. The molecule has 0 bridgehead atoms. The Bertz CT molecular complexity index is 860. The molecular formula is C15H13FN4O2. The summed E-state index contributed by atoms with van der Waals surface area (Å²) in [6.45, 7) is 1.75. The molecule has 0 aliphatic heterocycles. The molecule has 0 radical (unpaired) electrons. The van der Waals surface area contributed by atoms with E-state index in [1.165, 1.54) is 12.1 Å². The lowest BCUT2D eigenvalue weighted by molar-refractivity contribution is 0.211. The first-order chi connectivity index (χ1) is 10.5. The summed E-state index contributed by atoms with van der Waals surface area (Å²) in [7, 11) is 0. The van der Waals surface area contributed by atoms with Crippen LogP contribution in [0.2, 0.25) is 0 Å². The largest absolute Gasteiger partial charge is 0.410 e. The molecule has 2 aromatic heterocycles. The lowest BCUT2D eigenvalue weighted by atomic mass is 10.1. The maximum absolute atomic E-state index is 13.3. The molecule has 112 valence electrons. The molecule has 2 N–H and O–H groups in total. The van der Waals surface area contributed by atoms with Crippen LogP contribution in [0.5, 0.6) is 5.75 Å². The van der Waals surface area contributed by atoms with Crippen molar-refractivity contribution < 1.29 is 13.9 Å². The monoisotopic (exact) mass is 300 g/mol. The highest BCUT2D eigenvalue weighted by Gasteiger charge is 2.11. The molecule has 0 atom stereocenters. The van der Waals surface area contributed by atoms with Gasteiger partial charge in [0.05, 0.1) is 17.4 Å². The fraction of sp³-hybridized carbons (Fsp3) is 0.133. The van der Waals surface area contributed by atoms with Gasteiger partial charge in [-0.05, 0) is 24.6 Å². The number of halogens is 1. The molecule has 1 aromatic carbocycles. The van der Waals surface area contributed by atoms with E-state index in [2.05, 4.69) is 10.1 Å². The van der Waals surface area contributed by atoms with E-state index >= 15 is 0 Å². The molecule has 0 saturated heterocycles. The summed E-state index contributed by atoms with van der Waals surface area (Å²) in [4.78, 5) is 15.2. The van der Waals surface area contributed by atoms with E-state index in [-0.39, 0.29) is 11.6 Å². The minimum absolute atomic E-state index is 0.285. The van der Waals surface area contributed by atoms with Crippen molar-refractivity contribution >= 4 is 11.6 Å². The van der Waals surface area contributed by atoms with Crippen molar-refractivity contribution in [1.29, 1.82) is 0 Å². The molecule has 2 heterocycles. The topological polar surface area (TPSA) is 82.5 Å². The van der Waals surface area contributed by atoms with Crippen LogP contribution in [0.25, 0.3) is 5.52 Å². The molecule has 0 saturated carbocycles. The smallest absolute Gasteiger partial charge is 0.409 e. The summed E-state index contributed by atoms with van der Waals surface area (Å²) in [5.41, 5.74) is 7.17. The number of ether oxygens (including phenoxy) is 1. The van der Waals surface area contributed by atoms with Gasteiger partial charge in [0.2, 0.25) is 0 Å². The Hall–Kier alpha value is -2.96. The second-order valence-corrected chi connectivity index (χ2v) is 4.84. The summed E-state index contributed by atoms with van der Waals surface area (Å²) in [6, 6.07) is 7.94. The lowest BCUT2D eigenvalue weighted by Crippen LogP contribution is -2.15. The Morgan fingerprint density at radius 1 is 1.41 bits per heavy atom. The number of primary amides is 1. The third-order valence-corrected chi connectivity index (χ3v) is 3.10. The summed E-state index contributed by atoms with van der Waals surface area (Å²) >= 11 is 0. The van der Waals surface area contributed by atoms with Crippen LogP contribution in [0.4, 0.5) is 9.18 Å². The van der Waals surface area contributed by atoms with Crippen LogP contribution in [-0.2, 0) is 6.42 Å². The summed E-state index contributed by atoms with van der Waals surface area (Å²) < 4.78 is 19.7. The van der Waals surface area contributed by atoms with Gasteiger partial charge < -0.3 is 10.5 Å². The summed E-state index contributed by atoms with van der Waals surface area (Å²) in [6.07, 6.45) is 1.08. The number of hydrogen-bond donors (Lipinski definition) is 1. The van der Waals surface area contributed by atoms with Crippen LogP contribution in [0.3, 0.4) is 0 Å². The maximum Gasteiger partial charge on any atom is 0.410 e. The fourth-order valence-electron chi connectivity index (χ4n) is 2.30. The van der Waals surface area contributed by atoms with E-state index in [4.69, 9.17) is 10.5 Å². The zero-order valence-corrected chi connectivity index (χ0v) is 11.8. The van der Waals surface area contributed by atoms with Crippen LogP contribution < -0.4 is 10.5 Å². The third-order valence-electron chi connectivity index (χ3n) is 3.10. The number of hydrogen-bond acceptors (Lipinski definition) is 4. The van der Waals surface area contributed by atoms with Gasteiger partial charge in [-0.25, -0.2) is 18.7 Å². The molecule has 6 nitrogen and oxygen atoms in total. The minimum atomic E-state index is -0.896. The van der Waals surface area contributed by atoms with E-state index in [0.717, 1.165) is 5.56 Å². The van der Waals surface area contributed by atoms with E-state index in [0.29, 0.717) is 23.5 Å². The number of fused-ring (bicyclic) bond motifs is 1. The zero-order valence-electron chi connectivity index (χ0n) is 11.8. The first kappa shape index (κ1) is 14.0. The van der Waals surface area contributed by atoms with Gasteiger partial charge in [-0.2, -0.15) is 5.10 Å². The number of carbonyl (C=O) groups excluding carboxylic acids is 1. The molecule has 0 aliphatic rings. The predicted molar refractivity (Wildman–Crippen MR) is 77.1 cm³/mol. The number of nitrogens with zero attached hydrogens (tertiary/aromatic N) is 3. The highest BCUT2D eigenvalue weighted by Crippen LogP contribution is 2.21. The second kappa shape index (κ2) is 5.44. The standard InChI is InChI=1S/C15H13FN4O2/c1-9-18-13(6-10-3-2-4-11(16)5-10)14-7-12(22-15(17)21)8-20(14)19-9/h2-5,7-8H,6H2,1H3,(H2,17,21). The number of aryl methyl sites for hydroxylation is 1. The van der Waals surface area contributed by atoms with Gasteiger partial charge in [0, 0.05) is 12.5 Å². The Morgan fingerprint density at radius 3 is 2.95 bits per heavy atom. The van der Waals surface area contributed by atoms with Crippen molar-refractivity contribution in [3.8, 4) is 5.75 Å². The second-order valence-electron chi connectivity index (χ2n) is 4.84. The van der Waals surface area contributed by atoms with Crippen molar-refractivity contribution in [3.63, 3.8) is 0 Å². The third kappa shape index (κ3) is 2.88. The van der Waals surface area contributed by atoms with Gasteiger partial charge in [0.15, 0.2) is 5.75 Å². The summed E-state index contributed by atoms with van der Waals surface area (Å²) in [5, 5.41) is 4.22.